The average molecular weight is 532 g/mol. The molecule has 0 saturated heterocycles. The van der Waals surface area contributed by atoms with Crippen LogP contribution in [0.25, 0.3) is 17.1 Å². The molecule has 1 amide bonds. The number of hydrogen-bond donors (Lipinski definition) is 1. The van der Waals surface area contributed by atoms with E-state index in [0.29, 0.717) is 16.5 Å². The van der Waals surface area contributed by atoms with Gasteiger partial charge in [0.2, 0.25) is 5.75 Å². The average Bonchev–Trinajstić information content (AvgIpc) is 3.37. The molecule has 4 aromatic rings. The van der Waals surface area contributed by atoms with E-state index in [0.717, 1.165) is 11.3 Å². The van der Waals surface area contributed by atoms with Crippen LogP contribution in [0.15, 0.2) is 83.1 Å². The molecule has 38 heavy (non-hydrogen) atoms. The van der Waals surface area contributed by atoms with Crippen molar-refractivity contribution in [2.24, 2.45) is 5.10 Å². The number of aromatic nitrogens is 3. The molecule has 0 aliphatic heterocycles. The normalized spacial score (nSPS) is 10.8. The topological polar surface area (TPSA) is 117 Å². The van der Waals surface area contributed by atoms with Gasteiger partial charge in [-0.15, -0.1) is 10.2 Å². The second-order valence-corrected chi connectivity index (χ2v) is 8.72. The lowest BCUT2D eigenvalue weighted by Gasteiger charge is -2.13. The Morgan fingerprint density at radius 2 is 1.61 bits per heavy atom. The predicted octanol–water partition coefficient (Wildman–Crippen LogP) is 4.12. The standard InChI is InChI=1S/C27H25N5O5S/c1-18(33)37-25-22(35-2)14-19(15-23(25)36-3)16-28-29-24(34)17-38-27-31-30-26(20-10-6-4-7-11-20)32(27)21-12-8-5-9-13-21/h4-16H,17H2,1-3H3,(H,29,34)/b28-16+. The highest BCUT2D eigenvalue weighted by Crippen LogP contribution is 2.38. The van der Waals surface area contributed by atoms with E-state index in [1.807, 2.05) is 65.2 Å². The molecule has 10 nitrogen and oxygen atoms in total. The summed E-state index contributed by atoms with van der Waals surface area (Å²) in [5.41, 5.74) is 4.87. The summed E-state index contributed by atoms with van der Waals surface area (Å²) in [5, 5.41) is 13.3. The van der Waals surface area contributed by atoms with Gasteiger partial charge >= 0.3 is 5.97 Å². The zero-order valence-electron chi connectivity index (χ0n) is 21.0. The molecule has 0 radical (unpaired) electrons. The molecule has 194 valence electrons. The quantitative estimate of drug-likeness (QED) is 0.107. The number of carbonyl (C=O) groups is 2. The van der Waals surface area contributed by atoms with E-state index in [1.165, 1.54) is 39.1 Å². The lowest BCUT2D eigenvalue weighted by molar-refractivity contribution is -0.132. The zero-order valence-corrected chi connectivity index (χ0v) is 21.8. The van der Waals surface area contributed by atoms with E-state index in [-0.39, 0.29) is 28.9 Å². The fourth-order valence-electron chi connectivity index (χ4n) is 3.51. The van der Waals surface area contributed by atoms with E-state index in [1.54, 1.807) is 12.1 Å². The number of rotatable bonds is 10. The fraction of sp³-hybridized carbons (Fsp3) is 0.148. The lowest BCUT2D eigenvalue weighted by atomic mass is 10.2. The third-order valence-electron chi connectivity index (χ3n) is 5.14. The van der Waals surface area contributed by atoms with Gasteiger partial charge in [-0.05, 0) is 24.3 Å². The van der Waals surface area contributed by atoms with Crippen LogP contribution in [0.2, 0.25) is 0 Å². The lowest BCUT2D eigenvalue weighted by Crippen LogP contribution is -2.20. The van der Waals surface area contributed by atoms with Gasteiger partial charge < -0.3 is 14.2 Å². The van der Waals surface area contributed by atoms with Gasteiger partial charge in [0.15, 0.2) is 22.5 Å². The van der Waals surface area contributed by atoms with Crippen molar-refractivity contribution in [2.75, 3.05) is 20.0 Å². The van der Waals surface area contributed by atoms with Gasteiger partial charge in [-0.2, -0.15) is 5.10 Å². The summed E-state index contributed by atoms with van der Waals surface area (Å²) in [7, 11) is 2.89. The molecular weight excluding hydrogens is 506 g/mol. The number of thioether (sulfide) groups is 1. The largest absolute Gasteiger partial charge is 0.493 e. The Kier molecular flexibility index (Phi) is 8.73. The smallest absolute Gasteiger partial charge is 0.308 e. The SMILES string of the molecule is COc1cc(/C=N/NC(=O)CSc2nnc(-c3ccccc3)n2-c2ccccc2)cc(OC)c1OC(C)=O. The van der Waals surface area contributed by atoms with Crippen LogP contribution >= 0.6 is 11.8 Å². The molecule has 11 heteroatoms. The van der Waals surface area contributed by atoms with Crippen LogP contribution in [0.4, 0.5) is 0 Å². The number of ether oxygens (including phenoxy) is 3. The van der Waals surface area contributed by atoms with E-state index in [4.69, 9.17) is 14.2 Å². The summed E-state index contributed by atoms with van der Waals surface area (Å²) in [6, 6.07) is 22.7. The Morgan fingerprint density at radius 3 is 2.21 bits per heavy atom. The van der Waals surface area contributed by atoms with Crippen LogP contribution in [0.1, 0.15) is 12.5 Å². The Bertz CT molecular complexity index is 1420. The number of esters is 1. The molecule has 1 aromatic heterocycles. The van der Waals surface area contributed by atoms with Gasteiger partial charge in [0.25, 0.3) is 5.91 Å². The maximum absolute atomic E-state index is 12.5. The van der Waals surface area contributed by atoms with Crippen molar-refractivity contribution in [1.29, 1.82) is 0 Å². The first-order chi connectivity index (χ1) is 18.5. The summed E-state index contributed by atoms with van der Waals surface area (Å²) >= 11 is 1.25. The molecule has 3 aromatic carbocycles. The Balaban J connectivity index is 1.46. The van der Waals surface area contributed by atoms with Crippen LogP contribution in [0, 0.1) is 0 Å². The van der Waals surface area contributed by atoms with Crippen molar-refractivity contribution in [1.82, 2.24) is 20.2 Å². The first kappa shape index (κ1) is 26.4. The predicted molar refractivity (Wildman–Crippen MR) is 144 cm³/mol. The van der Waals surface area contributed by atoms with Crippen molar-refractivity contribution in [2.45, 2.75) is 12.1 Å². The Hall–Kier alpha value is -4.64. The molecule has 0 unspecified atom stereocenters. The van der Waals surface area contributed by atoms with E-state index in [2.05, 4.69) is 20.7 Å². The number of carbonyl (C=O) groups excluding carboxylic acids is 2. The van der Waals surface area contributed by atoms with Gasteiger partial charge in [0, 0.05) is 23.7 Å². The number of hydrazone groups is 1. The van der Waals surface area contributed by atoms with Crippen LogP contribution in [-0.2, 0) is 9.59 Å². The highest BCUT2D eigenvalue weighted by Gasteiger charge is 2.18. The minimum absolute atomic E-state index is 0.0646. The van der Waals surface area contributed by atoms with Crippen LogP contribution in [0.3, 0.4) is 0 Å². The third kappa shape index (κ3) is 6.37. The minimum atomic E-state index is -0.508. The number of benzene rings is 3. The number of amides is 1. The molecule has 0 aliphatic carbocycles. The van der Waals surface area contributed by atoms with Crippen LogP contribution in [-0.4, -0.2) is 52.8 Å². The number of nitrogens with one attached hydrogen (secondary N) is 1. The molecule has 0 aliphatic rings. The molecule has 1 heterocycles. The van der Waals surface area contributed by atoms with Crippen molar-refractivity contribution >= 4 is 29.9 Å². The van der Waals surface area contributed by atoms with Crippen molar-refractivity contribution in [3.63, 3.8) is 0 Å². The Labute approximate surface area is 223 Å². The van der Waals surface area contributed by atoms with Gasteiger partial charge in [-0.3, -0.25) is 14.2 Å². The fourth-order valence-corrected chi connectivity index (χ4v) is 4.25. The number of methoxy groups -OCH3 is 2. The molecule has 0 fully saturated rings. The molecule has 0 atom stereocenters. The first-order valence-electron chi connectivity index (χ1n) is 11.5. The molecule has 4 rings (SSSR count). The number of para-hydroxylation sites is 1. The van der Waals surface area contributed by atoms with E-state index >= 15 is 0 Å². The third-order valence-corrected chi connectivity index (χ3v) is 6.07. The monoisotopic (exact) mass is 531 g/mol. The van der Waals surface area contributed by atoms with Crippen molar-refractivity contribution in [3.8, 4) is 34.3 Å². The number of nitrogens with zero attached hydrogens (tertiary/aromatic N) is 4. The van der Waals surface area contributed by atoms with Crippen LogP contribution in [0.5, 0.6) is 17.2 Å². The molecule has 0 bridgehead atoms. The minimum Gasteiger partial charge on any atom is -0.493 e. The summed E-state index contributed by atoms with van der Waals surface area (Å²) in [5.74, 6) is 0.650. The number of hydrogen-bond acceptors (Lipinski definition) is 9. The second-order valence-electron chi connectivity index (χ2n) is 7.77. The van der Waals surface area contributed by atoms with Crippen molar-refractivity contribution < 1.29 is 23.8 Å². The molecule has 0 saturated carbocycles. The van der Waals surface area contributed by atoms with Gasteiger partial charge in [0.1, 0.15) is 0 Å². The maximum atomic E-state index is 12.5. The maximum Gasteiger partial charge on any atom is 0.308 e. The van der Waals surface area contributed by atoms with Gasteiger partial charge in [-0.1, -0.05) is 60.3 Å². The summed E-state index contributed by atoms with van der Waals surface area (Å²) < 4.78 is 17.7. The summed E-state index contributed by atoms with van der Waals surface area (Å²) in [6.45, 7) is 1.28. The zero-order chi connectivity index (χ0) is 26.9. The molecule has 0 spiro atoms. The summed E-state index contributed by atoms with van der Waals surface area (Å²) in [6.07, 6.45) is 1.44. The van der Waals surface area contributed by atoms with Gasteiger partial charge in [0.05, 0.1) is 26.2 Å². The van der Waals surface area contributed by atoms with Crippen molar-refractivity contribution in [3.05, 3.63) is 78.4 Å². The second kappa shape index (κ2) is 12.5. The Morgan fingerprint density at radius 1 is 0.974 bits per heavy atom. The molecular formula is C27H25N5O5S. The highest BCUT2D eigenvalue weighted by molar-refractivity contribution is 7.99. The van der Waals surface area contributed by atoms with E-state index < -0.39 is 5.97 Å². The highest BCUT2D eigenvalue weighted by atomic mass is 32.2. The first-order valence-corrected chi connectivity index (χ1v) is 12.4. The van der Waals surface area contributed by atoms with Crippen LogP contribution < -0.4 is 19.6 Å². The molecule has 1 N–H and O–H groups in total. The van der Waals surface area contributed by atoms with Gasteiger partial charge in [-0.25, -0.2) is 5.43 Å². The summed E-state index contributed by atoms with van der Waals surface area (Å²) in [4.78, 5) is 23.9. The van der Waals surface area contributed by atoms with E-state index in [9.17, 15) is 9.59 Å².